The standard InChI is InChI=1S/C13H26N2/c1-14-10-13(8-4-3-5-9-13)11-15(2)12-6-7-12/h12,14H,3-11H2,1-2H3. The van der Waals surface area contributed by atoms with Crippen molar-refractivity contribution in [2.75, 3.05) is 27.2 Å². The predicted molar refractivity (Wildman–Crippen MR) is 65.1 cm³/mol. The first-order chi connectivity index (χ1) is 7.26. The van der Waals surface area contributed by atoms with Gasteiger partial charge in [-0.1, -0.05) is 19.3 Å². The van der Waals surface area contributed by atoms with Crippen LogP contribution in [0.4, 0.5) is 0 Å². The van der Waals surface area contributed by atoms with Crippen molar-refractivity contribution in [3.8, 4) is 0 Å². The fraction of sp³-hybridized carbons (Fsp3) is 1.00. The number of nitrogens with zero attached hydrogens (tertiary/aromatic N) is 1. The minimum Gasteiger partial charge on any atom is -0.319 e. The van der Waals surface area contributed by atoms with Crippen LogP contribution in [0.5, 0.6) is 0 Å². The van der Waals surface area contributed by atoms with Crippen molar-refractivity contribution >= 4 is 0 Å². The first-order valence-corrected chi connectivity index (χ1v) is 6.61. The molecular formula is C13H26N2. The van der Waals surface area contributed by atoms with E-state index in [0.29, 0.717) is 5.41 Å². The molecule has 2 aliphatic carbocycles. The average Bonchev–Trinajstić information content (AvgIpc) is 3.02. The zero-order valence-corrected chi connectivity index (χ0v) is 10.4. The molecule has 15 heavy (non-hydrogen) atoms. The molecule has 88 valence electrons. The summed E-state index contributed by atoms with van der Waals surface area (Å²) in [5.41, 5.74) is 0.588. The molecule has 0 spiro atoms. The fourth-order valence-corrected chi connectivity index (χ4v) is 3.24. The molecule has 0 aliphatic heterocycles. The third-order valence-corrected chi connectivity index (χ3v) is 4.22. The molecule has 2 aliphatic rings. The molecule has 2 fully saturated rings. The second-order valence-corrected chi connectivity index (χ2v) is 5.74. The van der Waals surface area contributed by atoms with Gasteiger partial charge in [0, 0.05) is 19.1 Å². The second kappa shape index (κ2) is 4.84. The van der Waals surface area contributed by atoms with Crippen molar-refractivity contribution in [2.45, 2.75) is 51.0 Å². The quantitative estimate of drug-likeness (QED) is 0.749. The lowest BCUT2D eigenvalue weighted by Crippen LogP contribution is -2.44. The van der Waals surface area contributed by atoms with E-state index in [4.69, 9.17) is 0 Å². The molecule has 0 saturated heterocycles. The summed E-state index contributed by atoms with van der Waals surface area (Å²) in [4.78, 5) is 2.61. The maximum atomic E-state index is 3.42. The zero-order chi connectivity index (χ0) is 10.7. The maximum absolute atomic E-state index is 3.42. The Morgan fingerprint density at radius 2 is 1.87 bits per heavy atom. The molecule has 2 saturated carbocycles. The highest BCUT2D eigenvalue weighted by molar-refractivity contribution is 4.91. The molecule has 0 bridgehead atoms. The average molecular weight is 210 g/mol. The van der Waals surface area contributed by atoms with Crippen molar-refractivity contribution in [3.63, 3.8) is 0 Å². The SMILES string of the molecule is CNCC1(CN(C)C2CC2)CCCCC1. The van der Waals surface area contributed by atoms with Crippen LogP contribution in [0.25, 0.3) is 0 Å². The molecule has 2 nitrogen and oxygen atoms in total. The van der Waals surface area contributed by atoms with E-state index in [2.05, 4.69) is 24.3 Å². The van der Waals surface area contributed by atoms with Crippen molar-refractivity contribution in [1.29, 1.82) is 0 Å². The van der Waals surface area contributed by atoms with Gasteiger partial charge in [0.15, 0.2) is 0 Å². The van der Waals surface area contributed by atoms with Crippen molar-refractivity contribution in [2.24, 2.45) is 5.41 Å². The summed E-state index contributed by atoms with van der Waals surface area (Å²) in [5.74, 6) is 0. The molecular weight excluding hydrogens is 184 g/mol. The van der Waals surface area contributed by atoms with Gasteiger partial charge in [-0.15, -0.1) is 0 Å². The van der Waals surface area contributed by atoms with Crippen LogP contribution in [0, 0.1) is 5.41 Å². The van der Waals surface area contributed by atoms with Gasteiger partial charge in [0.25, 0.3) is 0 Å². The molecule has 0 aromatic heterocycles. The fourth-order valence-electron chi connectivity index (χ4n) is 3.24. The van der Waals surface area contributed by atoms with E-state index in [0.717, 1.165) is 6.04 Å². The van der Waals surface area contributed by atoms with Gasteiger partial charge in [0.1, 0.15) is 0 Å². The Hall–Kier alpha value is -0.0800. The predicted octanol–water partition coefficient (Wildman–Crippen LogP) is 2.25. The molecule has 0 atom stereocenters. The van der Waals surface area contributed by atoms with Gasteiger partial charge in [-0.2, -0.15) is 0 Å². The maximum Gasteiger partial charge on any atom is 0.00936 e. The Morgan fingerprint density at radius 3 is 2.40 bits per heavy atom. The van der Waals surface area contributed by atoms with Gasteiger partial charge >= 0.3 is 0 Å². The molecule has 0 heterocycles. The van der Waals surface area contributed by atoms with Gasteiger partial charge in [-0.25, -0.2) is 0 Å². The van der Waals surface area contributed by atoms with E-state index in [-0.39, 0.29) is 0 Å². The van der Waals surface area contributed by atoms with E-state index in [1.807, 2.05) is 0 Å². The summed E-state index contributed by atoms with van der Waals surface area (Å²) in [5, 5.41) is 3.42. The van der Waals surface area contributed by atoms with Gasteiger partial charge in [-0.05, 0) is 45.2 Å². The molecule has 0 unspecified atom stereocenters. The largest absolute Gasteiger partial charge is 0.319 e. The Morgan fingerprint density at radius 1 is 1.20 bits per heavy atom. The van der Waals surface area contributed by atoms with Crippen LogP contribution in [0.3, 0.4) is 0 Å². The van der Waals surface area contributed by atoms with Gasteiger partial charge < -0.3 is 10.2 Å². The van der Waals surface area contributed by atoms with Crippen molar-refractivity contribution < 1.29 is 0 Å². The first-order valence-electron chi connectivity index (χ1n) is 6.61. The van der Waals surface area contributed by atoms with Gasteiger partial charge in [0.2, 0.25) is 0 Å². The second-order valence-electron chi connectivity index (χ2n) is 5.74. The van der Waals surface area contributed by atoms with E-state index in [9.17, 15) is 0 Å². The van der Waals surface area contributed by atoms with E-state index in [1.165, 1.54) is 58.0 Å². The smallest absolute Gasteiger partial charge is 0.00936 e. The molecule has 0 amide bonds. The molecule has 0 radical (unpaired) electrons. The van der Waals surface area contributed by atoms with E-state index in [1.54, 1.807) is 0 Å². The first kappa shape index (κ1) is 11.4. The third-order valence-electron chi connectivity index (χ3n) is 4.22. The van der Waals surface area contributed by atoms with Gasteiger partial charge in [-0.3, -0.25) is 0 Å². The van der Waals surface area contributed by atoms with Crippen LogP contribution in [0.15, 0.2) is 0 Å². The van der Waals surface area contributed by atoms with Crippen LogP contribution < -0.4 is 5.32 Å². The summed E-state index contributed by atoms with van der Waals surface area (Å²) in [7, 11) is 4.43. The number of hydrogen-bond donors (Lipinski definition) is 1. The molecule has 2 heteroatoms. The molecule has 0 aromatic carbocycles. The van der Waals surface area contributed by atoms with Crippen LogP contribution in [0.2, 0.25) is 0 Å². The Balaban J connectivity index is 1.90. The lowest BCUT2D eigenvalue weighted by molar-refractivity contribution is 0.116. The minimum atomic E-state index is 0.588. The van der Waals surface area contributed by atoms with E-state index < -0.39 is 0 Å². The minimum absolute atomic E-state index is 0.588. The van der Waals surface area contributed by atoms with Crippen molar-refractivity contribution in [3.05, 3.63) is 0 Å². The monoisotopic (exact) mass is 210 g/mol. The summed E-state index contributed by atoms with van der Waals surface area (Å²) in [6, 6.07) is 0.917. The number of rotatable bonds is 5. The summed E-state index contributed by atoms with van der Waals surface area (Å²) >= 11 is 0. The molecule has 0 aromatic rings. The zero-order valence-electron chi connectivity index (χ0n) is 10.4. The highest BCUT2D eigenvalue weighted by atomic mass is 15.2. The highest BCUT2D eigenvalue weighted by Gasteiger charge is 2.36. The Kier molecular flexibility index (Phi) is 3.68. The highest BCUT2D eigenvalue weighted by Crippen LogP contribution is 2.38. The van der Waals surface area contributed by atoms with Crippen LogP contribution in [-0.2, 0) is 0 Å². The lowest BCUT2D eigenvalue weighted by Gasteiger charge is -2.40. The van der Waals surface area contributed by atoms with E-state index >= 15 is 0 Å². The van der Waals surface area contributed by atoms with Gasteiger partial charge in [0.05, 0.1) is 0 Å². The van der Waals surface area contributed by atoms with Crippen molar-refractivity contribution in [1.82, 2.24) is 10.2 Å². The Labute approximate surface area is 94.4 Å². The summed E-state index contributed by atoms with van der Waals surface area (Å²) < 4.78 is 0. The number of hydrogen-bond acceptors (Lipinski definition) is 2. The Bertz CT molecular complexity index is 187. The molecule has 1 N–H and O–H groups in total. The van der Waals surface area contributed by atoms with Crippen LogP contribution in [0.1, 0.15) is 44.9 Å². The van der Waals surface area contributed by atoms with Crippen LogP contribution in [-0.4, -0.2) is 38.1 Å². The lowest BCUT2D eigenvalue weighted by atomic mass is 9.73. The summed E-state index contributed by atoms with van der Waals surface area (Å²) in [6.07, 6.45) is 10.1. The normalized spacial score (nSPS) is 25.8. The third kappa shape index (κ3) is 2.94. The number of nitrogens with one attached hydrogen (secondary N) is 1. The summed E-state index contributed by atoms with van der Waals surface area (Å²) in [6.45, 7) is 2.53. The van der Waals surface area contributed by atoms with Crippen LogP contribution >= 0.6 is 0 Å². The molecule has 2 rings (SSSR count). The topological polar surface area (TPSA) is 15.3 Å².